The van der Waals surface area contributed by atoms with E-state index in [1.54, 1.807) is 11.3 Å². The van der Waals surface area contributed by atoms with E-state index in [0.29, 0.717) is 11.8 Å². The monoisotopic (exact) mass is 342 g/mol. The maximum atomic E-state index is 12.6. The summed E-state index contributed by atoms with van der Waals surface area (Å²) in [6.07, 6.45) is 12.8. The Bertz CT molecular complexity index is 636. The first-order chi connectivity index (χ1) is 11.8. The molecule has 5 aliphatic carbocycles. The van der Waals surface area contributed by atoms with Gasteiger partial charge in [0.2, 0.25) is 0 Å². The summed E-state index contributed by atoms with van der Waals surface area (Å²) in [7, 11) is 0. The van der Waals surface area contributed by atoms with Crippen molar-refractivity contribution in [3.05, 3.63) is 21.4 Å². The van der Waals surface area contributed by atoms with Gasteiger partial charge in [-0.05, 0) is 93.1 Å². The summed E-state index contributed by atoms with van der Waals surface area (Å²) >= 11 is 1.69. The molecule has 4 heteroatoms. The van der Waals surface area contributed by atoms with Gasteiger partial charge in [-0.15, -0.1) is 11.3 Å². The van der Waals surface area contributed by atoms with Crippen LogP contribution in [0.15, 0.2) is 11.2 Å². The highest BCUT2D eigenvalue weighted by Crippen LogP contribution is 2.52. The smallest absolute Gasteiger partial charge is 0.266 e. The molecule has 1 N–H and O–H groups in total. The van der Waals surface area contributed by atoms with Crippen LogP contribution < -0.4 is 5.43 Å². The normalized spacial score (nSPS) is 33.9. The van der Waals surface area contributed by atoms with E-state index in [0.717, 1.165) is 29.6 Å². The van der Waals surface area contributed by atoms with Crippen LogP contribution in [0.3, 0.4) is 0 Å². The third-order valence-electron chi connectivity index (χ3n) is 6.73. The Morgan fingerprint density at radius 1 is 1.00 bits per heavy atom. The van der Waals surface area contributed by atoms with Crippen LogP contribution in [0.4, 0.5) is 0 Å². The fraction of sp³-hybridized carbons (Fsp3) is 0.700. The molecule has 0 atom stereocenters. The van der Waals surface area contributed by atoms with Crippen molar-refractivity contribution in [1.82, 2.24) is 5.43 Å². The predicted octanol–water partition coefficient (Wildman–Crippen LogP) is 4.56. The first kappa shape index (κ1) is 15.1. The topological polar surface area (TPSA) is 41.5 Å². The van der Waals surface area contributed by atoms with E-state index in [2.05, 4.69) is 16.6 Å². The van der Waals surface area contributed by atoms with Crippen molar-refractivity contribution in [2.45, 2.75) is 64.2 Å². The van der Waals surface area contributed by atoms with E-state index in [4.69, 9.17) is 0 Å². The Morgan fingerprint density at radius 3 is 2.46 bits per heavy atom. The van der Waals surface area contributed by atoms with Gasteiger partial charge in [-0.3, -0.25) is 4.79 Å². The number of carbonyl (C=O) groups is 1. The number of amides is 1. The number of carbonyl (C=O) groups excluding carboxylic acids is 1. The molecule has 5 aliphatic rings. The summed E-state index contributed by atoms with van der Waals surface area (Å²) in [5.41, 5.74) is 5.63. The van der Waals surface area contributed by atoms with Crippen LogP contribution in [0.5, 0.6) is 0 Å². The zero-order valence-corrected chi connectivity index (χ0v) is 15.0. The molecule has 4 bridgehead atoms. The third-order valence-corrected chi connectivity index (χ3v) is 7.97. The number of hydrogen-bond acceptors (Lipinski definition) is 3. The lowest BCUT2D eigenvalue weighted by Crippen LogP contribution is -2.46. The summed E-state index contributed by atoms with van der Waals surface area (Å²) < 4.78 is 0. The molecule has 1 amide bonds. The van der Waals surface area contributed by atoms with Gasteiger partial charge in [0.1, 0.15) is 0 Å². The summed E-state index contributed by atoms with van der Waals surface area (Å²) in [6, 6.07) is 2.12. The number of fused-ring (bicyclic) bond motifs is 1. The first-order valence-corrected chi connectivity index (χ1v) is 10.6. The molecule has 0 unspecified atom stereocenters. The molecule has 4 saturated carbocycles. The maximum Gasteiger partial charge on any atom is 0.281 e. The second-order valence-corrected chi connectivity index (χ2v) is 9.54. The van der Waals surface area contributed by atoms with Gasteiger partial charge in [0, 0.05) is 10.6 Å². The molecule has 1 heterocycles. The molecule has 0 saturated heterocycles. The van der Waals surface area contributed by atoms with Crippen molar-refractivity contribution < 1.29 is 4.79 Å². The number of aryl methyl sites for hydroxylation is 2. The largest absolute Gasteiger partial charge is 0.281 e. The summed E-state index contributed by atoms with van der Waals surface area (Å²) in [6.45, 7) is 0. The maximum absolute atomic E-state index is 12.6. The average molecular weight is 343 g/mol. The molecule has 24 heavy (non-hydrogen) atoms. The van der Waals surface area contributed by atoms with Crippen LogP contribution in [0.25, 0.3) is 0 Å². The molecule has 0 radical (unpaired) electrons. The van der Waals surface area contributed by atoms with Gasteiger partial charge in [0.15, 0.2) is 0 Å². The lowest BCUT2D eigenvalue weighted by molar-refractivity contribution is 0.0946. The van der Waals surface area contributed by atoms with Crippen LogP contribution in [-0.2, 0) is 12.8 Å². The van der Waals surface area contributed by atoms with Crippen LogP contribution in [0.1, 0.15) is 71.5 Å². The molecule has 0 aromatic carbocycles. The Morgan fingerprint density at radius 2 is 1.71 bits per heavy atom. The van der Waals surface area contributed by atoms with Gasteiger partial charge in [-0.2, -0.15) is 5.10 Å². The molecule has 0 spiro atoms. The highest BCUT2D eigenvalue weighted by molar-refractivity contribution is 7.14. The summed E-state index contributed by atoms with van der Waals surface area (Å²) in [5.74, 6) is 3.20. The Kier molecular flexibility index (Phi) is 3.77. The quantitative estimate of drug-likeness (QED) is 0.621. The molecule has 128 valence electrons. The number of nitrogens with one attached hydrogen (secondary N) is 1. The summed E-state index contributed by atoms with van der Waals surface area (Å²) in [5, 5.41) is 4.65. The van der Waals surface area contributed by atoms with Crippen molar-refractivity contribution in [1.29, 1.82) is 0 Å². The zero-order valence-electron chi connectivity index (χ0n) is 14.2. The van der Waals surface area contributed by atoms with E-state index in [9.17, 15) is 4.79 Å². The van der Waals surface area contributed by atoms with Crippen LogP contribution >= 0.6 is 11.3 Å². The fourth-order valence-electron chi connectivity index (χ4n) is 5.80. The minimum absolute atomic E-state index is 0.00869. The van der Waals surface area contributed by atoms with Gasteiger partial charge in [-0.25, -0.2) is 5.43 Å². The molecular formula is C20H26N2OS. The van der Waals surface area contributed by atoms with E-state index in [-0.39, 0.29) is 5.91 Å². The minimum Gasteiger partial charge on any atom is -0.266 e. The van der Waals surface area contributed by atoms with Gasteiger partial charge in [0.25, 0.3) is 5.91 Å². The van der Waals surface area contributed by atoms with Crippen molar-refractivity contribution in [2.24, 2.45) is 28.8 Å². The second-order valence-electron chi connectivity index (χ2n) is 8.40. The Hall–Kier alpha value is -1.16. The Balaban J connectivity index is 1.31. The van der Waals surface area contributed by atoms with E-state index < -0.39 is 0 Å². The number of thiophene rings is 1. The van der Waals surface area contributed by atoms with Gasteiger partial charge in [-0.1, -0.05) is 6.42 Å². The van der Waals surface area contributed by atoms with Gasteiger partial charge >= 0.3 is 0 Å². The highest BCUT2D eigenvalue weighted by atomic mass is 32.1. The van der Waals surface area contributed by atoms with E-state index >= 15 is 0 Å². The van der Waals surface area contributed by atoms with Gasteiger partial charge in [0.05, 0.1) is 4.88 Å². The molecule has 1 aromatic heterocycles. The van der Waals surface area contributed by atoms with Crippen molar-refractivity contribution >= 4 is 23.0 Å². The number of hydrazone groups is 1. The predicted molar refractivity (Wildman–Crippen MR) is 97.5 cm³/mol. The average Bonchev–Trinajstić information content (AvgIpc) is 2.84. The van der Waals surface area contributed by atoms with E-state index in [1.165, 1.54) is 67.5 Å². The third kappa shape index (κ3) is 2.63. The van der Waals surface area contributed by atoms with Crippen LogP contribution in [0.2, 0.25) is 0 Å². The molecule has 4 fully saturated rings. The lowest BCUT2D eigenvalue weighted by atomic mass is 9.55. The number of rotatable bonds is 2. The van der Waals surface area contributed by atoms with Crippen molar-refractivity contribution in [2.75, 3.05) is 0 Å². The van der Waals surface area contributed by atoms with Crippen molar-refractivity contribution in [3.63, 3.8) is 0 Å². The first-order valence-electron chi connectivity index (χ1n) is 9.75. The number of hydrogen-bond donors (Lipinski definition) is 1. The molecule has 1 aromatic rings. The highest BCUT2D eigenvalue weighted by Gasteiger charge is 2.46. The number of nitrogens with zero attached hydrogens (tertiary/aromatic N) is 1. The van der Waals surface area contributed by atoms with Crippen LogP contribution in [-0.4, -0.2) is 11.6 Å². The standard InChI is InChI=1S/C20H26N2OS/c23-20(18-11-14-4-2-1-3-5-17(14)24-18)22-21-19-15-7-12-6-13(9-15)10-16(19)8-12/h11-13,15-16H,1-10H2,(H,22,23). The van der Waals surface area contributed by atoms with Crippen LogP contribution in [0, 0.1) is 23.7 Å². The molecular weight excluding hydrogens is 316 g/mol. The minimum atomic E-state index is 0.00869. The molecule has 6 rings (SSSR count). The molecule has 3 nitrogen and oxygen atoms in total. The van der Waals surface area contributed by atoms with E-state index in [1.807, 2.05) is 0 Å². The molecule has 0 aliphatic heterocycles. The Labute approximate surface area is 147 Å². The fourth-order valence-corrected chi connectivity index (χ4v) is 6.94. The zero-order chi connectivity index (χ0) is 16.1. The van der Waals surface area contributed by atoms with Crippen molar-refractivity contribution in [3.8, 4) is 0 Å². The SMILES string of the molecule is O=C(NN=C1C2CC3CC(C2)CC1C3)c1cc2c(s1)CCCCC2. The lowest BCUT2D eigenvalue weighted by Gasteiger charge is -2.50. The van der Waals surface area contributed by atoms with Gasteiger partial charge < -0.3 is 0 Å². The second kappa shape index (κ2) is 5.98. The summed E-state index contributed by atoms with van der Waals surface area (Å²) in [4.78, 5) is 14.9.